The lowest BCUT2D eigenvalue weighted by Crippen LogP contribution is -2.15. The molecule has 2 aliphatic rings. The lowest BCUT2D eigenvalue weighted by Gasteiger charge is -2.16. The Balaban J connectivity index is 1.50. The van der Waals surface area contributed by atoms with E-state index in [-0.39, 0.29) is 11.6 Å². The van der Waals surface area contributed by atoms with Crippen molar-refractivity contribution < 1.29 is 9.72 Å². The fourth-order valence-electron chi connectivity index (χ4n) is 4.80. The largest absolute Gasteiger partial charge is 0.354 e. The number of nitro benzene ring substituents is 1. The Labute approximate surface area is 198 Å². The zero-order valence-electron chi connectivity index (χ0n) is 19.0. The Kier molecular flexibility index (Phi) is 5.86. The Bertz CT molecular complexity index is 1270. The Hall–Kier alpha value is -3.97. The summed E-state index contributed by atoms with van der Waals surface area (Å²) in [5.74, 6) is 0.393. The first-order chi connectivity index (χ1) is 16.5. The van der Waals surface area contributed by atoms with Crippen molar-refractivity contribution in [2.45, 2.75) is 12.8 Å². The first-order valence-electron chi connectivity index (χ1n) is 11.4. The zero-order valence-corrected chi connectivity index (χ0v) is 19.0. The monoisotopic (exact) mass is 454 g/mol. The van der Waals surface area contributed by atoms with Crippen LogP contribution in [0.15, 0.2) is 72.8 Å². The highest BCUT2D eigenvalue weighted by atomic mass is 16.6. The number of benzene rings is 3. The molecule has 3 aromatic rings. The highest BCUT2D eigenvalue weighted by molar-refractivity contribution is 6.37. The van der Waals surface area contributed by atoms with Gasteiger partial charge < -0.3 is 15.5 Å². The molecule has 0 bridgehead atoms. The van der Waals surface area contributed by atoms with Crippen molar-refractivity contribution in [2.24, 2.45) is 5.92 Å². The van der Waals surface area contributed by atoms with Gasteiger partial charge in [0.2, 0.25) is 0 Å². The predicted molar refractivity (Wildman–Crippen MR) is 134 cm³/mol. The summed E-state index contributed by atoms with van der Waals surface area (Å²) < 4.78 is 0. The molecule has 0 spiro atoms. The fraction of sp³-hybridized carbons (Fsp3) is 0.222. The molecule has 0 aliphatic carbocycles. The van der Waals surface area contributed by atoms with Gasteiger partial charge in [-0.15, -0.1) is 0 Å². The average Bonchev–Trinajstić information content (AvgIpc) is 3.40. The molecule has 5 rings (SSSR count). The third kappa shape index (κ3) is 4.43. The standard InChI is InChI=1S/C27H26N4O3/c1-30-14-13-19(17-30)15-18-7-9-21(10-8-18)28-26(20-5-3-2-4-6-20)25-23-16-22(31(33)34)11-12-24(23)29-27(25)32/h2-12,16,19,28H,13-15,17H2,1H3,(H,29,32)/b26-25-. The smallest absolute Gasteiger partial charge is 0.270 e. The number of nitro groups is 1. The number of amides is 1. The second kappa shape index (κ2) is 9.11. The van der Waals surface area contributed by atoms with Crippen LogP contribution in [0.4, 0.5) is 17.1 Å². The molecule has 1 atom stereocenters. The highest BCUT2D eigenvalue weighted by Crippen LogP contribution is 2.39. The van der Waals surface area contributed by atoms with Gasteiger partial charge in [-0.2, -0.15) is 0 Å². The summed E-state index contributed by atoms with van der Waals surface area (Å²) >= 11 is 0. The molecule has 34 heavy (non-hydrogen) atoms. The molecule has 0 radical (unpaired) electrons. The van der Waals surface area contributed by atoms with E-state index in [1.165, 1.54) is 24.1 Å². The summed E-state index contributed by atoms with van der Waals surface area (Å²) in [5.41, 5.74) is 5.01. The molecule has 2 aliphatic heterocycles. The molecule has 1 amide bonds. The lowest BCUT2D eigenvalue weighted by atomic mass is 9.98. The van der Waals surface area contributed by atoms with E-state index in [1.807, 2.05) is 42.5 Å². The van der Waals surface area contributed by atoms with Crippen LogP contribution in [0.1, 0.15) is 23.1 Å². The predicted octanol–water partition coefficient (Wildman–Crippen LogP) is 5.02. The van der Waals surface area contributed by atoms with Crippen LogP contribution in [0.3, 0.4) is 0 Å². The lowest BCUT2D eigenvalue weighted by molar-refractivity contribution is -0.384. The van der Waals surface area contributed by atoms with Gasteiger partial charge in [-0.05, 0) is 61.7 Å². The second-order valence-electron chi connectivity index (χ2n) is 9.00. The molecular formula is C27H26N4O3. The molecular weight excluding hydrogens is 428 g/mol. The van der Waals surface area contributed by atoms with Crippen LogP contribution in [0, 0.1) is 16.0 Å². The second-order valence-corrected chi connectivity index (χ2v) is 9.00. The van der Waals surface area contributed by atoms with Crippen molar-refractivity contribution in [2.75, 3.05) is 30.8 Å². The number of carbonyl (C=O) groups excluding carboxylic acids is 1. The molecule has 1 saturated heterocycles. The van der Waals surface area contributed by atoms with Crippen molar-refractivity contribution in [1.29, 1.82) is 0 Å². The highest BCUT2D eigenvalue weighted by Gasteiger charge is 2.30. The molecule has 0 aromatic heterocycles. The molecule has 3 aromatic carbocycles. The number of rotatable bonds is 6. The van der Waals surface area contributed by atoms with Crippen LogP contribution < -0.4 is 10.6 Å². The number of nitrogens with one attached hydrogen (secondary N) is 2. The van der Waals surface area contributed by atoms with Crippen LogP contribution >= 0.6 is 0 Å². The quantitative estimate of drug-likeness (QED) is 0.310. The van der Waals surface area contributed by atoms with E-state index in [9.17, 15) is 14.9 Å². The van der Waals surface area contributed by atoms with Gasteiger partial charge in [0.15, 0.2) is 0 Å². The number of fused-ring (bicyclic) bond motifs is 1. The molecule has 1 fully saturated rings. The van der Waals surface area contributed by atoms with Crippen LogP contribution in [-0.2, 0) is 11.2 Å². The van der Waals surface area contributed by atoms with Crippen molar-refractivity contribution in [3.8, 4) is 0 Å². The van der Waals surface area contributed by atoms with Crippen LogP contribution in [0.2, 0.25) is 0 Å². The van der Waals surface area contributed by atoms with Gasteiger partial charge in [-0.1, -0.05) is 42.5 Å². The average molecular weight is 455 g/mol. The number of non-ortho nitro benzene ring substituents is 1. The molecule has 2 N–H and O–H groups in total. The molecule has 2 heterocycles. The summed E-state index contributed by atoms with van der Waals surface area (Å²) in [6.45, 7) is 2.28. The van der Waals surface area contributed by atoms with Gasteiger partial charge in [0.1, 0.15) is 0 Å². The number of likely N-dealkylation sites (tertiary alicyclic amines) is 1. The maximum absolute atomic E-state index is 13.0. The number of nitrogens with zero attached hydrogens (tertiary/aromatic N) is 2. The number of hydrogen-bond acceptors (Lipinski definition) is 5. The van der Waals surface area contributed by atoms with Gasteiger partial charge in [-0.3, -0.25) is 14.9 Å². The minimum absolute atomic E-state index is 0.0536. The van der Waals surface area contributed by atoms with E-state index >= 15 is 0 Å². The Morgan fingerprint density at radius 3 is 2.56 bits per heavy atom. The summed E-state index contributed by atoms with van der Waals surface area (Å²) in [6.07, 6.45) is 2.28. The topological polar surface area (TPSA) is 87.5 Å². The van der Waals surface area contributed by atoms with Gasteiger partial charge >= 0.3 is 0 Å². The fourth-order valence-corrected chi connectivity index (χ4v) is 4.80. The van der Waals surface area contributed by atoms with E-state index < -0.39 is 4.92 Å². The third-order valence-electron chi connectivity index (χ3n) is 6.51. The summed E-state index contributed by atoms with van der Waals surface area (Å²) in [4.78, 5) is 26.3. The number of hydrogen-bond donors (Lipinski definition) is 2. The van der Waals surface area contributed by atoms with Crippen LogP contribution in [0.25, 0.3) is 11.3 Å². The van der Waals surface area contributed by atoms with E-state index in [0.717, 1.165) is 30.8 Å². The molecule has 7 nitrogen and oxygen atoms in total. The normalized spacial score (nSPS) is 19.0. The zero-order chi connectivity index (χ0) is 23.7. The molecule has 0 saturated carbocycles. The van der Waals surface area contributed by atoms with Crippen molar-refractivity contribution in [3.05, 3.63) is 99.6 Å². The maximum atomic E-state index is 13.0. The summed E-state index contributed by atoms with van der Waals surface area (Å²) in [7, 11) is 2.16. The third-order valence-corrected chi connectivity index (χ3v) is 6.51. The minimum atomic E-state index is -0.447. The molecule has 1 unspecified atom stereocenters. The van der Waals surface area contributed by atoms with Crippen molar-refractivity contribution in [3.63, 3.8) is 0 Å². The first-order valence-corrected chi connectivity index (χ1v) is 11.4. The van der Waals surface area contributed by atoms with E-state index in [0.29, 0.717) is 28.4 Å². The minimum Gasteiger partial charge on any atom is -0.354 e. The SMILES string of the molecule is CN1CCC(Cc2ccc(N/C(=C3\C(=O)Nc4ccc([N+](=O)[O-])cc43)c3ccccc3)cc2)C1. The summed E-state index contributed by atoms with van der Waals surface area (Å²) in [5, 5.41) is 17.6. The van der Waals surface area contributed by atoms with E-state index in [2.05, 4.69) is 34.7 Å². The maximum Gasteiger partial charge on any atom is 0.270 e. The van der Waals surface area contributed by atoms with Crippen molar-refractivity contribution in [1.82, 2.24) is 4.90 Å². The van der Waals surface area contributed by atoms with Gasteiger partial charge in [0, 0.05) is 35.6 Å². The summed E-state index contributed by atoms with van der Waals surface area (Å²) in [6, 6.07) is 22.3. The number of carbonyl (C=O) groups is 1. The molecule has 7 heteroatoms. The number of anilines is 2. The van der Waals surface area contributed by atoms with Gasteiger partial charge in [0.25, 0.3) is 11.6 Å². The van der Waals surface area contributed by atoms with E-state index in [4.69, 9.17) is 0 Å². The van der Waals surface area contributed by atoms with E-state index in [1.54, 1.807) is 6.07 Å². The Morgan fingerprint density at radius 2 is 1.88 bits per heavy atom. The molecule has 172 valence electrons. The van der Waals surface area contributed by atoms with Gasteiger partial charge in [-0.25, -0.2) is 0 Å². The van der Waals surface area contributed by atoms with Crippen LogP contribution in [-0.4, -0.2) is 35.9 Å². The van der Waals surface area contributed by atoms with Gasteiger partial charge in [0.05, 0.1) is 16.2 Å². The van der Waals surface area contributed by atoms with Crippen LogP contribution in [0.5, 0.6) is 0 Å². The van der Waals surface area contributed by atoms with Crippen molar-refractivity contribution >= 4 is 34.2 Å². The Morgan fingerprint density at radius 1 is 1.12 bits per heavy atom. The first kappa shape index (κ1) is 21.9.